The molecule has 0 aromatic heterocycles. The summed E-state index contributed by atoms with van der Waals surface area (Å²) in [4.78, 5) is 2.58. The van der Waals surface area contributed by atoms with E-state index in [4.69, 9.17) is 4.74 Å². The maximum Gasteiger partial charge on any atom is 0.120 e. The number of hydrogen-bond acceptors (Lipinski definition) is 3. The van der Waals surface area contributed by atoms with Crippen molar-refractivity contribution < 1.29 is 4.74 Å². The van der Waals surface area contributed by atoms with E-state index in [9.17, 15) is 0 Å². The summed E-state index contributed by atoms with van der Waals surface area (Å²) in [6, 6.07) is 8.67. The van der Waals surface area contributed by atoms with Gasteiger partial charge in [0.25, 0.3) is 0 Å². The van der Waals surface area contributed by atoms with Crippen LogP contribution in [0.25, 0.3) is 0 Å². The Morgan fingerprint density at radius 1 is 1.43 bits per heavy atom. The topological polar surface area (TPSA) is 24.5 Å². The third kappa shape index (κ3) is 4.70. The lowest BCUT2D eigenvalue weighted by molar-refractivity contribution is 0.0691. The summed E-state index contributed by atoms with van der Waals surface area (Å²) >= 11 is 3.48. The average molecular weight is 355 g/mol. The van der Waals surface area contributed by atoms with Gasteiger partial charge in [-0.15, -0.1) is 0 Å². The fourth-order valence-corrected chi connectivity index (χ4v) is 3.24. The van der Waals surface area contributed by atoms with Crippen molar-refractivity contribution in [3.05, 3.63) is 28.7 Å². The molecule has 0 aliphatic carbocycles. The van der Waals surface area contributed by atoms with Crippen LogP contribution in [0.1, 0.15) is 33.6 Å². The highest BCUT2D eigenvalue weighted by atomic mass is 79.9. The van der Waals surface area contributed by atoms with Gasteiger partial charge in [-0.05, 0) is 38.0 Å². The monoisotopic (exact) mass is 354 g/mol. The number of rotatable bonds is 6. The normalized spacial score (nSPS) is 26.8. The van der Waals surface area contributed by atoms with Crippen molar-refractivity contribution in [1.82, 2.24) is 10.2 Å². The van der Waals surface area contributed by atoms with Crippen LogP contribution >= 0.6 is 15.9 Å². The van der Waals surface area contributed by atoms with Crippen molar-refractivity contribution >= 4 is 15.9 Å². The second-order valence-electron chi connectivity index (χ2n) is 6.13. The fraction of sp³-hybridized carbons (Fsp3) is 0.647. The molecule has 1 fully saturated rings. The zero-order chi connectivity index (χ0) is 15.3. The van der Waals surface area contributed by atoms with Gasteiger partial charge in [-0.1, -0.05) is 35.8 Å². The SMILES string of the molecule is CCC1CNC(C)(CC)CN1CCOc1cccc(Br)c1. The van der Waals surface area contributed by atoms with Crippen LogP contribution in [0.2, 0.25) is 0 Å². The minimum atomic E-state index is 0.238. The number of hydrogen-bond donors (Lipinski definition) is 1. The van der Waals surface area contributed by atoms with Crippen LogP contribution in [0.15, 0.2) is 28.7 Å². The second kappa shape index (κ2) is 7.61. The van der Waals surface area contributed by atoms with E-state index in [1.165, 1.54) is 6.42 Å². The molecule has 1 heterocycles. The first-order valence-electron chi connectivity index (χ1n) is 7.94. The maximum absolute atomic E-state index is 5.89. The van der Waals surface area contributed by atoms with E-state index in [2.05, 4.69) is 46.9 Å². The molecule has 1 N–H and O–H groups in total. The zero-order valence-corrected chi connectivity index (χ0v) is 14.9. The van der Waals surface area contributed by atoms with Gasteiger partial charge < -0.3 is 10.1 Å². The van der Waals surface area contributed by atoms with Gasteiger partial charge in [0.2, 0.25) is 0 Å². The Labute approximate surface area is 137 Å². The van der Waals surface area contributed by atoms with Gasteiger partial charge in [-0.2, -0.15) is 0 Å². The molecule has 0 spiro atoms. The van der Waals surface area contributed by atoms with Crippen molar-refractivity contribution in [2.24, 2.45) is 0 Å². The predicted octanol–water partition coefficient (Wildman–Crippen LogP) is 3.68. The van der Waals surface area contributed by atoms with Crippen LogP contribution in [0, 0.1) is 0 Å². The Hall–Kier alpha value is -0.580. The lowest BCUT2D eigenvalue weighted by Crippen LogP contribution is -2.63. The highest BCUT2D eigenvalue weighted by Gasteiger charge is 2.33. The van der Waals surface area contributed by atoms with Crippen molar-refractivity contribution in [3.63, 3.8) is 0 Å². The Morgan fingerprint density at radius 2 is 2.24 bits per heavy atom. The maximum atomic E-state index is 5.89. The molecule has 0 saturated carbocycles. The standard InChI is InChI=1S/C17H27BrN2O/c1-4-15-12-19-17(3,5-2)13-20(15)9-10-21-16-8-6-7-14(18)11-16/h6-8,11,15,19H,4-5,9-10,12-13H2,1-3H3. The minimum absolute atomic E-state index is 0.238. The first kappa shape index (κ1) is 16.8. The molecule has 0 radical (unpaired) electrons. The first-order chi connectivity index (χ1) is 10.1. The molecule has 118 valence electrons. The highest BCUT2D eigenvalue weighted by molar-refractivity contribution is 9.10. The summed E-state index contributed by atoms with van der Waals surface area (Å²) in [6.45, 7) is 10.8. The van der Waals surface area contributed by atoms with E-state index in [0.29, 0.717) is 6.04 Å². The third-order valence-corrected chi connectivity index (χ3v) is 5.02. The predicted molar refractivity (Wildman–Crippen MR) is 92.0 cm³/mol. The number of ether oxygens (including phenoxy) is 1. The van der Waals surface area contributed by atoms with Crippen LogP contribution in [0.5, 0.6) is 5.75 Å². The van der Waals surface area contributed by atoms with Gasteiger partial charge >= 0.3 is 0 Å². The molecule has 1 saturated heterocycles. The number of nitrogens with one attached hydrogen (secondary N) is 1. The fourth-order valence-electron chi connectivity index (χ4n) is 2.87. The minimum Gasteiger partial charge on any atom is -0.492 e. The highest BCUT2D eigenvalue weighted by Crippen LogP contribution is 2.21. The summed E-state index contributed by atoms with van der Waals surface area (Å²) in [5.74, 6) is 0.936. The molecule has 21 heavy (non-hydrogen) atoms. The molecule has 2 rings (SSSR count). The first-order valence-corrected chi connectivity index (χ1v) is 8.73. The third-order valence-electron chi connectivity index (χ3n) is 4.53. The summed E-state index contributed by atoms with van der Waals surface area (Å²) in [5.41, 5.74) is 0.238. The van der Waals surface area contributed by atoms with Gasteiger partial charge in [0.1, 0.15) is 12.4 Å². The molecule has 3 nitrogen and oxygen atoms in total. The van der Waals surface area contributed by atoms with E-state index < -0.39 is 0 Å². The lowest BCUT2D eigenvalue weighted by Gasteiger charge is -2.45. The van der Waals surface area contributed by atoms with Crippen molar-refractivity contribution in [3.8, 4) is 5.75 Å². The molecule has 1 aromatic rings. The van der Waals surface area contributed by atoms with Gasteiger partial charge in [-0.25, -0.2) is 0 Å². The van der Waals surface area contributed by atoms with E-state index >= 15 is 0 Å². The Morgan fingerprint density at radius 3 is 2.90 bits per heavy atom. The van der Waals surface area contributed by atoms with E-state index in [0.717, 1.165) is 42.9 Å². The molecule has 0 bridgehead atoms. The smallest absolute Gasteiger partial charge is 0.120 e. The van der Waals surface area contributed by atoms with Gasteiger partial charge in [-0.3, -0.25) is 4.90 Å². The average Bonchev–Trinajstić information content (AvgIpc) is 2.48. The summed E-state index contributed by atoms with van der Waals surface area (Å²) in [6.07, 6.45) is 2.34. The van der Waals surface area contributed by atoms with Crippen LogP contribution < -0.4 is 10.1 Å². The molecule has 2 atom stereocenters. The summed E-state index contributed by atoms with van der Waals surface area (Å²) in [5, 5.41) is 3.70. The van der Waals surface area contributed by atoms with Gasteiger partial charge in [0, 0.05) is 35.7 Å². The number of benzene rings is 1. The molecular formula is C17H27BrN2O. The quantitative estimate of drug-likeness (QED) is 0.843. The Balaban J connectivity index is 1.87. The number of nitrogens with zero attached hydrogens (tertiary/aromatic N) is 1. The lowest BCUT2D eigenvalue weighted by atomic mass is 9.93. The van der Waals surface area contributed by atoms with Crippen molar-refractivity contribution in [1.29, 1.82) is 0 Å². The van der Waals surface area contributed by atoms with Crippen molar-refractivity contribution in [2.45, 2.75) is 45.2 Å². The van der Waals surface area contributed by atoms with E-state index in [1.54, 1.807) is 0 Å². The van der Waals surface area contributed by atoms with E-state index in [-0.39, 0.29) is 5.54 Å². The Kier molecular flexibility index (Phi) is 6.08. The molecule has 4 heteroatoms. The summed E-state index contributed by atoms with van der Waals surface area (Å²) < 4.78 is 6.95. The van der Waals surface area contributed by atoms with Gasteiger partial charge in [0.05, 0.1) is 0 Å². The molecule has 1 aliphatic heterocycles. The molecule has 1 aliphatic rings. The molecule has 1 aromatic carbocycles. The molecule has 0 amide bonds. The van der Waals surface area contributed by atoms with Crippen LogP contribution in [-0.2, 0) is 0 Å². The van der Waals surface area contributed by atoms with Crippen molar-refractivity contribution in [2.75, 3.05) is 26.2 Å². The second-order valence-corrected chi connectivity index (χ2v) is 7.05. The molecular weight excluding hydrogens is 328 g/mol. The molecule has 2 unspecified atom stereocenters. The summed E-state index contributed by atoms with van der Waals surface area (Å²) in [7, 11) is 0. The number of piperazine rings is 1. The van der Waals surface area contributed by atoms with E-state index in [1.807, 2.05) is 24.3 Å². The van der Waals surface area contributed by atoms with Crippen LogP contribution in [-0.4, -0.2) is 42.7 Å². The Bertz CT molecular complexity index is 454. The van der Waals surface area contributed by atoms with Gasteiger partial charge in [0.15, 0.2) is 0 Å². The van der Waals surface area contributed by atoms with Crippen LogP contribution in [0.4, 0.5) is 0 Å². The van der Waals surface area contributed by atoms with Crippen LogP contribution in [0.3, 0.4) is 0 Å². The number of halogens is 1. The largest absolute Gasteiger partial charge is 0.492 e. The zero-order valence-electron chi connectivity index (χ0n) is 13.4.